The highest BCUT2D eigenvalue weighted by atomic mass is 16.5. The van der Waals surface area contributed by atoms with Crippen LogP contribution >= 0.6 is 0 Å². The summed E-state index contributed by atoms with van der Waals surface area (Å²) in [7, 11) is 0. The van der Waals surface area contributed by atoms with E-state index in [-0.39, 0.29) is 28.4 Å². The summed E-state index contributed by atoms with van der Waals surface area (Å²) in [6, 6.07) is 9.87. The van der Waals surface area contributed by atoms with Gasteiger partial charge in [0.2, 0.25) is 0 Å². The minimum absolute atomic E-state index is 0.00311. The van der Waals surface area contributed by atoms with Crippen molar-refractivity contribution in [2.75, 3.05) is 0 Å². The number of aromatic hydroxyl groups is 2. The number of allylic oxidation sites excluding steroid dienone is 1. The van der Waals surface area contributed by atoms with E-state index in [0.717, 1.165) is 12.0 Å². The Morgan fingerprint density at radius 1 is 1.12 bits per heavy atom. The summed E-state index contributed by atoms with van der Waals surface area (Å²) in [5, 5.41) is 19.7. The van der Waals surface area contributed by atoms with Gasteiger partial charge in [-0.05, 0) is 62.6 Å². The molecule has 2 aromatic rings. The van der Waals surface area contributed by atoms with Crippen LogP contribution in [-0.4, -0.2) is 21.6 Å². The van der Waals surface area contributed by atoms with E-state index in [1.165, 1.54) is 6.08 Å². The molecule has 0 aliphatic carbocycles. The zero-order valence-electron chi connectivity index (χ0n) is 13.7. The number of hydrogen-bond donors (Lipinski definition) is 2. The van der Waals surface area contributed by atoms with Gasteiger partial charge in [0.1, 0.15) is 22.8 Å². The number of ether oxygens (including phenoxy) is 1. The van der Waals surface area contributed by atoms with Crippen LogP contribution in [0.5, 0.6) is 17.2 Å². The van der Waals surface area contributed by atoms with Gasteiger partial charge in [0.25, 0.3) is 0 Å². The standard InChI is InChI=1S/C20H20O4/c1-20(2)12-11-16-18(24-20)10-8-15(19(16)23)17(22)9-5-13-3-6-14(21)7-4-13/h3-10,21,23H,11-12H2,1-2H3/b9-5+. The van der Waals surface area contributed by atoms with E-state index in [0.29, 0.717) is 17.7 Å². The Bertz CT molecular complexity index is 801. The molecule has 1 aliphatic rings. The number of fused-ring (bicyclic) bond motifs is 1. The molecular formula is C20H20O4. The van der Waals surface area contributed by atoms with Gasteiger partial charge in [0.05, 0.1) is 5.56 Å². The fraction of sp³-hybridized carbons (Fsp3) is 0.250. The van der Waals surface area contributed by atoms with Gasteiger partial charge < -0.3 is 14.9 Å². The van der Waals surface area contributed by atoms with Gasteiger partial charge in [-0.3, -0.25) is 4.79 Å². The summed E-state index contributed by atoms with van der Waals surface area (Å²) in [4.78, 5) is 12.4. The van der Waals surface area contributed by atoms with E-state index < -0.39 is 0 Å². The first-order valence-electron chi connectivity index (χ1n) is 7.91. The molecule has 0 unspecified atom stereocenters. The molecule has 1 aliphatic heterocycles. The molecular weight excluding hydrogens is 304 g/mol. The molecule has 0 saturated carbocycles. The Balaban J connectivity index is 1.85. The molecule has 4 heteroatoms. The number of rotatable bonds is 3. The van der Waals surface area contributed by atoms with Crippen molar-refractivity contribution in [2.45, 2.75) is 32.3 Å². The summed E-state index contributed by atoms with van der Waals surface area (Å²) >= 11 is 0. The molecule has 0 amide bonds. The summed E-state index contributed by atoms with van der Waals surface area (Å²) < 4.78 is 5.86. The molecule has 2 aromatic carbocycles. The van der Waals surface area contributed by atoms with Crippen LogP contribution in [0.15, 0.2) is 42.5 Å². The van der Waals surface area contributed by atoms with E-state index in [1.807, 2.05) is 13.8 Å². The third kappa shape index (κ3) is 3.27. The molecule has 24 heavy (non-hydrogen) atoms. The first kappa shape index (κ1) is 16.1. The number of carbonyl (C=O) groups excluding carboxylic acids is 1. The maximum atomic E-state index is 12.4. The largest absolute Gasteiger partial charge is 0.508 e. The molecule has 3 rings (SSSR count). The van der Waals surface area contributed by atoms with Gasteiger partial charge >= 0.3 is 0 Å². The molecule has 124 valence electrons. The zero-order chi connectivity index (χ0) is 17.3. The summed E-state index contributed by atoms with van der Waals surface area (Å²) in [5.41, 5.74) is 1.50. The first-order valence-corrected chi connectivity index (χ1v) is 7.91. The van der Waals surface area contributed by atoms with Crippen LogP contribution in [0.4, 0.5) is 0 Å². The molecule has 0 atom stereocenters. The highest BCUT2D eigenvalue weighted by molar-refractivity contribution is 6.09. The van der Waals surface area contributed by atoms with Crippen LogP contribution in [0.2, 0.25) is 0 Å². The van der Waals surface area contributed by atoms with Crippen LogP contribution < -0.4 is 4.74 Å². The van der Waals surface area contributed by atoms with Gasteiger partial charge in [-0.1, -0.05) is 18.2 Å². The van der Waals surface area contributed by atoms with E-state index >= 15 is 0 Å². The predicted octanol–water partition coefficient (Wildman–Crippen LogP) is 4.10. The van der Waals surface area contributed by atoms with Crippen molar-refractivity contribution in [2.24, 2.45) is 0 Å². The number of carbonyl (C=O) groups is 1. The second kappa shape index (κ2) is 6.04. The highest BCUT2D eigenvalue weighted by Crippen LogP contribution is 2.39. The third-order valence-corrected chi connectivity index (χ3v) is 4.19. The second-order valence-corrected chi connectivity index (χ2v) is 6.59. The number of phenolic OH excluding ortho intramolecular Hbond substituents is 2. The Morgan fingerprint density at radius 3 is 2.54 bits per heavy atom. The highest BCUT2D eigenvalue weighted by Gasteiger charge is 2.29. The molecule has 0 fully saturated rings. The number of phenols is 2. The Hall–Kier alpha value is -2.75. The molecule has 0 bridgehead atoms. The first-order chi connectivity index (χ1) is 11.4. The smallest absolute Gasteiger partial charge is 0.189 e. The number of ketones is 1. The minimum atomic E-state index is -0.270. The Kier molecular flexibility index (Phi) is 4.06. The fourth-order valence-corrected chi connectivity index (χ4v) is 2.78. The lowest BCUT2D eigenvalue weighted by molar-refractivity contribution is 0.0836. The van der Waals surface area contributed by atoms with Crippen molar-refractivity contribution in [1.29, 1.82) is 0 Å². The number of hydrogen-bond acceptors (Lipinski definition) is 4. The molecule has 2 N–H and O–H groups in total. The van der Waals surface area contributed by atoms with Gasteiger partial charge in [0.15, 0.2) is 5.78 Å². The molecule has 0 spiro atoms. The maximum Gasteiger partial charge on any atom is 0.189 e. The predicted molar refractivity (Wildman–Crippen MR) is 92.6 cm³/mol. The lowest BCUT2D eigenvalue weighted by Crippen LogP contribution is -2.32. The van der Waals surface area contributed by atoms with E-state index in [4.69, 9.17) is 4.74 Å². The zero-order valence-corrected chi connectivity index (χ0v) is 13.7. The maximum absolute atomic E-state index is 12.4. The average molecular weight is 324 g/mol. The van der Waals surface area contributed by atoms with Crippen molar-refractivity contribution in [3.8, 4) is 17.2 Å². The SMILES string of the molecule is CC1(C)CCc2c(ccc(C(=O)/C=C/c3ccc(O)cc3)c2O)O1. The molecule has 1 heterocycles. The van der Waals surface area contributed by atoms with Gasteiger partial charge in [-0.25, -0.2) is 0 Å². The lowest BCUT2D eigenvalue weighted by Gasteiger charge is -2.33. The monoisotopic (exact) mass is 324 g/mol. The van der Waals surface area contributed by atoms with Crippen LogP contribution in [-0.2, 0) is 6.42 Å². The van der Waals surface area contributed by atoms with Crippen molar-refractivity contribution < 1.29 is 19.7 Å². The van der Waals surface area contributed by atoms with Crippen LogP contribution in [0, 0.1) is 0 Å². The third-order valence-electron chi connectivity index (χ3n) is 4.19. The summed E-state index contributed by atoms with van der Waals surface area (Å²) in [6.07, 6.45) is 4.53. The summed E-state index contributed by atoms with van der Waals surface area (Å²) in [6.45, 7) is 4.01. The van der Waals surface area contributed by atoms with E-state index in [2.05, 4.69) is 0 Å². The van der Waals surface area contributed by atoms with Crippen LogP contribution in [0.25, 0.3) is 6.08 Å². The topological polar surface area (TPSA) is 66.8 Å². The second-order valence-electron chi connectivity index (χ2n) is 6.59. The lowest BCUT2D eigenvalue weighted by atomic mass is 9.91. The van der Waals surface area contributed by atoms with E-state index in [1.54, 1.807) is 42.5 Å². The average Bonchev–Trinajstić information content (AvgIpc) is 2.53. The van der Waals surface area contributed by atoms with E-state index in [9.17, 15) is 15.0 Å². The van der Waals surface area contributed by atoms with Crippen molar-refractivity contribution in [3.63, 3.8) is 0 Å². The molecule has 0 aromatic heterocycles. The minimum Gasteiger partial charge on any atom is -0.508 e. The van der Waals surface area contributed by atoms with Crippen molar-refractivity contribution in [3.05, 3.63) is 59.2 Å². The molecule has 0 radical (unpaired) electrons. The fourth-order valence-electron chi connectivity index (χ4n) is 2.78. The van der Waals surface area contributed by atoms with Crippen molar-refractivity contribution >= 4 is 11.9 Å². The summed E-state index contributed by atoms with van der Waals surface area (Å²) in [5.74, 6) is 0.549. The molecule has 4 nitrogen and oxygen atoms in total. The Labute approximate surface area is 141 Å². The van der Waals surface area contributed by atoms with Gasteiger partial charge in [-0.15, -0.1) is 0 Å². The van der Waals surface area contributed by atoms with Crippen LogP contribution in [0.3, 0.4) is 0 Å². The Morgan fingerprint density at radius 2 is 1.83 bits per heavy atom. The quantitative estimate of drug-likeness (QED) is 0.659. The van der Waals surface area contributed by atoms with Gasteiger partial charge in [-0.2, -0.15) is 0 Å². The normalized spacial score (nSPS) is 15.8. The van der Waals surface area contributed by atoms with Crippen molar-refractivity contribution in [1.82, 2.24) is 0 Å². The van der Waals surface area contributed by atoms with Gasteiger partial charge in [0, 0.05) is 5.56 Å². The number of benzene rings is 2. The molecule has 0 saturated heterocycles. The van der Waals surface area contributed by atoms with Crippen LogP contribution in [0.1, 0.15) is 41.8 Å².